The SMILES string of the molecule is O=P([O-])([O-])O.O=S(=O)([O-])[O-].[Fe+2].[Zn+2]. The van der Waals surface area contributed by atoms with Crippen molar-refractivity contribution < 1.29 is 73.3 Å². The molecule has 0 atom stereocenters. The summed E-state index contributed by atoms with van der Waals surface area (Å²) in [5.41, 5.74) is 0. The number of hydrogen-bond donors (Lipinski definition) is 1. The molecule has 0 saturated carbocycles. The first-order valence-corrected chi connectivity index (χ1v) is 4.24. The molecule has 12 heteroatoms. The molecule has 8 nitrogen and oxygen atoms in total. The van der Waals surface area contributed by atoms with Gasteiger partial charge in [-0.3, -0.25) is 8.42 Å². The minimum atomic E-state index is -5.17. The molecule has 0 spiro atoms. The summed E-state index contributed by atoms with van der Waals surface area (Å²) in [5.74, 6) is 0. The van der Waals surface area contributed by atoms with E-state index in [0.29, 0.717) is 0 Å². The van der Waals surface area contributed by atoms with Gasteiger partial charge in [0.25, 0.3) is 0 Å². The Labute approximate surface area is 91.4 Å². The molecule has 70 valence electrons. The molecule has 0 heterocycles. The van der Waals surface area contributed by atoms with Gasteiger partial charge in [-0.05, 0) is 0 Å². The van der Waals surface area contributed by atoms with Gasteiger partial charge in [0.2, 0.25) is 0 Å². The molecule has 0 amide bonds. The normalized spacial score (nSPS) is 9.75. The van der Waals surface area contributed by atoms with Crippen molar-refractivity contribution in [2.24, 2.45) is 0 Å². The van der Waals surface area contributed by atoms with E-state index in [1.54, 1.807) is 0 Å². The van der Waals surface area contributed by atoms with Gasteiger partial charge in [0.05, 0.1) is 7.82 Å². The second-order valence-electron chi connectivity index (χ2n) is 0.877. The molecule has 0 saturated heterocycles. The summed E-state index contributed by atoms with van der Waals surface area (Å²) >= 11 is 0. The average molecular weight is 313 g/mol. The Morgan fingerprint density at radius 3 is 1.17 bits per heavy atom. The van der Waals surface area contributed by atoms with E-state index in [4.69, 9.17) is 36.8 Å². The summed E-state index contributed by atoms with van der Waals surface area (Å²) in [7, 11) is -10.3. The Bertz CT molecular complexity index is 197. The predicted octanol–water partition coefficient (Wildman–Crippen LogP) is -3.54. The molecule has 0 aromatic carbocycles. The van der Waals surface area contributed by atoms with Crippen molar-refractivity contribution in [3.63, 3.8) is 0 Å². The van der Waals surface area contributed by atoms with Crippen molar-refractivity contribution in [1.29, 1.82) is 0 Å². The molecule has 0 unspecified atom stereocenters. The molecular formula is HFeO8PSZn. The van der Waals surface area contributed by atoms with Crippen molar-refractivity contribution in [3.05, 3.63) is 0 Å². The second-order valence-corrected chi connectivity index (χ2v) is 2.63. The van der Waals surface area contributed by atoms with Crippen LogP contribution >= 0.6 is 7.82 Å². The van der Waals surface area contributed by atoms with Crippen LogP contribution in [0.2, 0.25) is 0 Å². The minimum absolute atomic E-state index is 0. The van der Waals surface area contributed by atoms with Crippen LogP contribution in [0.1, 0.15) is 0 Å². The molecule has 0 bridgehead atoms. The first-order chi connectivity index (χ1) is 4.00. The molecule has 0 aliphatic rings. The number of hydrogen-bond acceptors (Lipinski definition) is 7. The zero-order valence-corrected chi connectivity index (χ0v) is 11.0. The fourth-order valence-electron chi connectivity index (χ4n) is 0. The first-order valence-electron chi connectivity index (χ1n) is 1.41. The fourth-order valence-corrected chi connectivity index (χ4v) is 0. The van der Waals surface area contributed by atoms with Crippen molar-refractivity contribution >= 4 is 18.2 Å². The van der Waals surface area contributed by atoms with E-state index in [1.165, 1.54) is 0 Å². The monoisotopic (exact) mass is 312 g/mol. The molecule has 0 rings (SSSR count). The minimum Gasteiger partial charge on any atom is -0.790 e. The van der Waals surface area contributed by atoms with Crippen LogP contribution in [0, 0.1) is 0 Å². The maximum absolute atomic E-state index is 8.66. The van der Waals surface area contributed by atoms with Gasteiger partial charge in [-0.15, -0.1) is 0 Å². The van der Waals surface area contributed by atoms with Crippen LogP contribution in [0.25, 0.3) is 0 Å². The topological polar surface area (TPSA) is 164 Å². The van der Waals surface area contributed by atoms with Crippen LogP contribution in [0.5, 0.6) is 0 Å². The van der Waals surface area contributed by atoms with Crippen molar-refractivity contribution in [3.8, 4) is 0 Å². The van der Waals surface area contributed by atoms with Crippen molar-refractivity contribution in [2.45, 2.75) is 0 Å². The maximum atomic E-state index is 8.66. The van der Waals surface area contributed by atoms with Gasteiger partial charge < -0.3 is 28.4 Å². The molecule has 0 aromatic rings. The Kier molecular flexibility index (Phi) is 16.8. The van der Waals surface area contributed by atoms with Crippen LogP contribution in [-0.2, 0) is 51.5 Å². The van der Waals surface area contributed by atoms with Gasteiger partial charge in [-0.1, -0.05) is 0 Å². The quantitative estimate of drug-likeness (QED) is 0.208. The molecular weight excluding hydrogens is 312 g/mol. The largest absolute Gasteiger partial charge is 2.00 e. The third-order valence-corrected chi connectivity index (χ3v) is 0. The molecule has 0 aromatic heterocycles. The van der Waals surface area contributed by atoms with Crippen molar-refractivity contribution in [2.75, 3.05) is 0 Å². The Balaban J connectivity index is -0.0000000457. The van der Waals surface area contributed by atoms with Gasteiger partial charge in [-0.2, -0.15) is 0 Å². The van der Waals surface area contributed by atoms with E-state index in [-0.39, 0.29) is 36.5 Å². The van der Waals surface area contributed by atoms with Crippen LogP contribution in [-0.4, -0.2) is 22.4 Å². The molecule has 0 aliphatic carbocycles. The third kappa shape index (κ3) is 904. The smallest absolute Gasteiger partial charge is 0.790 e. The Morgan fingerprint density at radius 1 is 1.17 bits per heavy atom. The Hall–Kier alpha value is 1.12. The summed E-state index contributed by atoms with van der Waals surface area (Å²) in [5, 5.41) is 0. The summed E-state index contributed by atoms with van der Waals surface area (Å²) in [6, 6.07) is 0. The van der Waals surface area contributed by atoms with Crippen LogP contribution in [0.15, 0.2) is 0 Å². The first kappa shape index (κ1) is 23.2. The van der Waals surface area contributed by atoms with E-state index in [9.17, 15) is 0 Å². The standard InChI is InChI=1S/Fe.H3O4P.H2O4S.Zn/c;2*1-5(2,3)4;/h;(H3,1,2,3,4);(H2,1,2,3,4);/q+2;;;+2/p-4. The third-order valence-electron chi connectivity index (χ3n) is 0. The van der Waals surface area contributed by atoms with E-state index in [0.717, 1.165) is 0 Å². The summed E-state index contributed by atoms with van der Waals surface area (Å²) < 4.78 is 42.7. The van der Waals surface area contributed by atoms with Gasteiger partial charge in [0, 0.05) is 10.4 Å². The van der Waals surface area contributed by atoms with E-state index < -0.39 is 18.2 Å². The molecule has 1 N–H and O–H groups in total. The van der Waals surface area contributed by atoms with Crippen LogP contribution in [0.4, 0.5) is 0 Å². The van der Waals surface area contributed by atoms with E-state index in [1.807, 2.05) is 0 Å². The van der Waals surface area contributed by atoms with E-state index >= 15 is 0 Å². The molecule has 0 aliphatic heterocycles. The molecule has 12 heavy (non-hydrogen) atoms. The van der Waals surface area contributed by atoms with Gasteiger partial charge in [0.1, 0.15) is 0 Å². The predicted molar refractivity (Wildman–Crippen MR) is 20.3 cm³/mol. The maximum Gasteiger partial charge on any atom is 2.00 e. The zero-order chi connectivity index (χ0) is 9.00. The summed E-state index contributed by atoms with van der Waals surface area (Å²) in [6.07, 6.45) is 0. The number of phosphoric acid groups is 1. The van der Waals surface area contributed by atoms with Crippen LogP contribution < -0.4 is 9.79 Å². The zero-order valence-electron chi connectivity index (χ0n) is 5.22. The number of rotatable bonds is 0. The second kappa shape index (κ2) is 8.71. The Morgan fingerprint density at radius 2 is 1.17 bits per heavy atom. The van der Waals surface area contributed by atoms with Gasteiger partial charge in [-0.25, -0.2) is 0 Å². The van der Waals surface area contributed by atoms with Gasteiger partial charge in [0.15, 0.2) is 0 Å². The van der Waals surface area contributed by atoms with Crippen LogP contribution in [0.3, 0.4) is 0 Å². The summed E-state index contributed by atoms with van der Waals surface area (Å²) in [6.45, 7) is 0. The fraction of sp³-hybridized carbons (Fsp3) is 0. The van der Waals surface area contributed by atoms with E-state index in [2.05, 4.69) is 0 Å². The van der Waals surface area contributed by atoms with Crippen molar-refractivity contribution in [1.82, 2.24) is 0 Å². The average Bonchev–Trinajstić information content (AvgIpc) is 1.12. The summed E-state index contributed by atoms with van der Waals surface area (Å²) in [4.78, 5) is 24.3. The molecule has 0 radical (unpaired) electrons. The van der Waals surface area contributed by atoms with Gasteiger partial charge >= 0.3 is 36.5 Å². The molecule has 0 fully saturated rings.